The fourth-order valence-corrected chi connectivity index (χ4v) is 0.897. The highest BCUT2D eigenvalue weighted by atomic mass is 35.5. The summed E-state index contributed by atoms with van der Waals surface area (Å²) in [5.74, 6) is -0.812. The molecule has 0 aliphatic carbocycles. The van der Waals surface area contributed by atoms with Crippen LogP contribution >= 0.6 is 11.6 Å². The van der Waals surface area contributed by atoms with E-state index >= 15 is 0 Å². The van der Waals surface area contributed by atoms with Crippen LogP contribution in [0, 0.1) is 0 Å². The number of hydrogen-bond acceptors (Lipinski definition) is 2. The summed E-state index contributed by atoms with van der Waals surface area (Å²) in [6.07, 6.45) is 1.99. The zero-order valence-corrected chi connectivity index (χ0v) is 6.88. The highest BCUT2D eigenvalue weighted by Crippen LogP contribution is 2.14. The van der Waals surface area contributed by atoms with E-state index < -0.39 is 5.91 Å². The predicted octanol–water partition coefficient (Wildman–Crippen LogP) is -0.289. The van der Waals surface area contributed by atoms with E-state index in [9.17, 15) is 4.79 Å². The van der Waals surface area contributed by atoms with E-state index in [1.807, 2.05) is 0 Å². The van der Waals surface area contributed by atoms with E-state index in [4.69, 9.17) is 23.1 Å². The van der Waals surface area contributed by atoms with Crippen LogP contribution in [0.1, 0.15) is 6.42 Å². The fraction of sp³-hybridized carbons (Fsp3) is 0.167. The lowest BCUT2D eigenvalue weighted by molar-refractivity contribution is -0.111. The molecule has 0 saturated carbocycles. The second-order valence-electron chi connectivity index (χ2n) is 2.13. The van der Waals surface area contributed by atoms with Gasteiger partial charge in [-0.15, -0.1) is 0 Å². The third kappa shape index (κ3) is 2.06. The summed E-state index contributed by atoms with van der Waals surface area (Å²) >= 11 is 5.50. The maximum absolute atomic E-state index is 11.0. The SMILES string of the molecule is NC(N)=NC(=O)C1=NC(Cl)=CC1. The van der Waals surface area contributed by atoms with Gasteiger partial charge in [0.2, 0.25) is 0 Å². The lowest BCUT2D eigenvalue weighted by Gasteiger charge is -1.92. The topological polar surface area (TPSA) is 93.8 Å². The number of allylic oxidation sites excluding steroid dienone is 1. The van der Waals surface area contributed by atoms with Crippen molar-refractivity contribution in [1.82, 2.24) is 0 Å². The van der Waals surface area contributed by atoms with Crippen molar-refractivity contribution in [3.63, 3.8) is 0 Å². The molecule has 0 aromatic heterocycles. The predicted molar refractivity (Wildman–Crippen MR) is 46.8 cm³/mol. The summed E-state index contributed by atoms with van der Waals surface area (Å²) in [6, 6.07) is 0. The average Bonchev–Trinajstić information content (AvgIpc) is 2.34. The van der Waals surface area contributed by atoms with Gasteiger partial charge in [0.1, 0.15) is 10.9 Å². The standard InChI is InChI=1S/C6H7ClN4O/c7-4-2-1-3(10-4)5(12)11-6(8)9/h2H,1H2,(H4,8,9,11,12). The van der Waals surface area contributed by atoms with E-state index in [-0.39, 0.29) is 11.7 Å². The molecule has 1 rings (SSSR count). The highest BCUT2D eigenvalue weighted by molar-refractivity contribution is 6.44. The highest BCUT2D eigenvalue weighted by Gasteiger charge is 2.14. The van der Waals surface area contributed by atoms with Crippen LogP contribution in [0.25, 0.3) is 0 Å². The molecule has 1 heterocycles. The fourth-order valence-electron chi connectivity index (χ4n) is 0.718. The molecule has 0 aromatic rings. The number of carbonyl (C=O) groups is 1. The second-order valence-corrected chi connectivity index (χ2v) is 2.52. The Hall–Kier alpha value is -1.36. The number of rotatable bonds is 1. The number of amides is 1. The second kappa shape index (κ2) is 3.36. The Kier molecular flexibility index (Phi) is 2.44. The molecule has 1 amide bonds. The zero-order valence-electron chi connectivity index (χ0n) is 6.12. The van der Waals surface area contributed by atoms with Gasteiger partial charge in [-0.2, -0.15) is 4.99 Å². The molecule has 12 heavy (non-hydrogen) atoms. The van der Waals surface area contributed by atoms with Crippen LogP contribution in [0.3, 0.4) is 0 Å². The average molecular weight is 187 g/mol. The minimum Gasteiger partial charge on any atom is -0.370 e. The molecule has 0 spiro atoms. The minimum absolute atomic E-state index is 0.258. The van der Waals surface area contributed by atoms with Crippen molar-refractivity contribution in [1.29, 1.82) is 0 Å². The van der Waals surface area contributed by atoms with Gasteiger partial charge in [-0.1, -0.05) is 11.6 Å². The van der Waals surface area contributed by atoms with Crippen LogP contribution < -0.4 is 11.5 Å². The van der Waals surface area contributed by atoms with E-state index in [0.29, 0.717) is 11.6 Å². The van der Waals surface area contributed by atoms with Gasteiger partial charge in [-0.05, 0) is 6.08 Å². The minimum atomic E-state index is -0.540. The number of carbonyl (C=O) groups excluding carboxylic acids is 1. The third-order valence-corrected chi connectivity index (χ3v) is 1.42. The first-order chi connectivity index (χ1) is 5.59. The van der Waals surface area contributed by atoms with Crippen molar-refractivity contribution in [2.45, 2.75) is 6.42 Å². The molecule has 0 radical (unpaired) electrons. The lowest BCUT2D eigenvalue weighted by atomic mass is 10.3. The molecule has 0 aromatic carbocycles. The summed E-state index contributed by atoms with van der Waals surface area (Å²) in [5.41, 5.74) is 10.3. The normalized spacial score (nSPS) is 15.1. The monoisotopic (exact) mass is 186 g/mol. The number of guanidine groups is 1. The van der Waals surface area contributed by atoms with Crippen molar-refractivity contribution in [2.75, 3.05) is 0 Å². The van der Waals surface area contributed by atoms with Gasteiger partial charge < -0.3 is 11.5 Å². The molecule has 5 nitrogen and oxygen atoms in total. The van der Waals surface area contributed by atoms with Gasteiger partial charge in [0, 0.05) is 6.42 Å². The lowest BCUT2D eigenvalue weighted by Crippen LogP contribution is -2.26. The molecule has 0 atom stereocenters. The van der Waals surface area contributed by atoms with E-state index in [1.165, 1.54) is 0 Å². The van der Waals surface area contributed by atoms with Crippen molar-refractivity contribution in [2.24, 2.45) is 21.5 Å². The Morgan fingerprint density at radius 2 is 2.33 bits per heavy atom. The van der Waals surface area contributed by atoms with Crippen LogP contribution in [-0.2, 0) is 4.79 Å². The molecule has 64 valence electrons. The van der Waals surface area contributed by atoms with Crippen LogP contribution in [0.2, 0.25) is 0 Å². The summed E-state index contributed by atoms with van der Waals surface area (Å²) in [4.78, 5) is 18.1. The van der Waals surface area contributed by atoms with Gasteiger partial charge in [0.05, 0.1) is 0 Å². The van der Waals surface area contributed by atoms with E-state index in [2.05, 4.69) is 9.98 Å². The summed E-state index contributed by atoms with van der Waals surface area (Å²) in [7, 11) is 0. The zero-order chi connectivity index (χ0) is 9.14. The van der Waals surface area contributed by atoms with Crippen molar-refractivity contribution in [3.05, 3.63) is 11.2 Å². The summed E-state index contributed by atoms with van der Waals surface area (Å²) < 4.78 is 0. The van der Waals surface area contributed by atoms with E-state index in [0.717, 1.165) is 0 Å². The number of nitrogens with two attached hydrogens (primary N) is 2. The number of aliphatic imine (C=N–C) groups is 2. The van der Waals surface area contributed by atoms with Gasteiger partial charge in [-0.25, -0.2) is 4.99 Å². The third-order valence-electron chi connectivity index (χ3n) is 1.18. The molecule has 0 saturated heterocycles. The number of hydrogen-bond donors (Lipinski definition) is 2. The van der Waals surface area contributed by atoms with Gasteiger partial charge in [0.15, 0.2) is 5.96 Å². The van der Waals surface area contributed by atoms with Gasteiger partial charge >= 0.3 is 0 Å². The summed E-state index contributed by atoms with van der Waals surface area (Å²) in [5, 5.41) is 0.296. The van der Waals surface area contributed by atoms with Crippen LogP contribution in [-0.4, -0.2) is 17.6 Å². The number of nitrogens with zero attached hydrogens (tertiary/aromatic N) is 2. The van der Waals surface area contributed by atoms with Gasteiger partial charge in [-0.3, -0.25) is 4.79 Å². The van der Waals surface area contributed by atoms with Crippen molar-refractivity contribution < 1.29 is 4.79 Å². The van der Waals surface area contributed by atoms with Crippen LogP contribution in [0.5, 0.6) is 0 Å². The smallest absolute Gasteiger partial charge is 0.294 e. The largest absolute Gasteiger partial charge is 0.370 e. The first kappa shape index (κ1) is 8.73. The van der Waals surface area contributed by atoms with Crippen molar-refractivity contribution >= 4 is 29.2 Å². The first-order valence-corrected chi connectivity index (χ1v) is 3.54. The molecule has 0 bridgehead atoms. The maximum Gasteiger partial charge on any atom is 0.294 e. The van der Waals surface area contributed by atoms with E-state index in [1.54, 1.807) is 6.08 Å². The molecule has 1 aliphatic heterocycles. The molecular formula is C6H7ClN4O. The van der Waals surface area contributed by atoms with Crippen molar-refractivity contribution in [3.8, 4) is 0 Å². The molecule has 4 N–H and O–H groups in total. The van der Waals surface area contributed by atoms with Gasteiger partial charge in [0.25, 0.3) is 5.91 Å². The molecule has 0 unspecified atom stereocenters. The Labute approximate surface area is 73.8 Å². The van der Waals surface area contributed by atoms with Crippen LogP contribution in [0.4, 0.5) is 0 Å². The molecule has 6 heteroatoms. The maximum atomic E-state index is 11.0. The Morgan fingerprint density at radius 1 is 1.67 bits per heavy atom. The Morgan fingerprint density at radius 3 is 2.75 bits per heavy atom. The molecular weight excluding hydrogens is 180 g/mol. The Bertz CT molecular complexity index is 301. The quantitative estimate of drug-likeness (QED) is 0.335. The molecule has 0 fully saturated rings. The Balaban J connectivity index is 2.70. The number of halogens is 1. The first-order valence-electron chi connectivity index (χ1n) is 3.17. The molecule has 1 aliphatic rings. The van der Waals surface area contributed by atoms with Crippen LogP contribution in [0.15, 0.2) is 21.2 Å². The summed E-state index contributed by atoms with van der Waals surface area (Å²) in [6.45, 7) is 0.